The highest BCUT2D eigenvalue weighted by Gasteiger charge is 2.27. The van der Waals surface area contributed by atoms with Gasteiger partial charge in [0.15, 0.2) is 0 Å². The van der Waals surface area contributed by atoms with Crippen molar-refractivity contribution in [1.82, 2.24) is 9.73 Å². The molecule has 4 rings (SSSR count). The molecule has 0 radical (unpaired) electrons. The number of nitrogens with zero attached hydrogens (tertiary/aromatic N) is 2. The molecule has 0 saturated heterocycles. The molecule has 0 aliphatic carbocycles. The van der Waals surface area contributed by atoms with Gasteiger partial charge in [0, 0.05) is 16.0 Å². The van der Waals surface area contributed by atoms with Crippen molar-refractivity contribution in [3.8, 4) is 11.5 Å². The minimum atomic E-state index is -4.00. The van der Waals surface area contributed by atoms with Gasteiger partial charge in [0.1, 0.15) is 11.5 Å². The molecule has 10 heteroatoms. The summed E-state index contributed by atoms with van der Waals surface area (Å²) in [5.41, 5.74) is 3.83. The zero-order valence-corrected chi connectivity index (χ0v) is 23.2. The Labute approximate surface area is 234 Å². The molecule has 4 aromatic carbocycles. The lowest BCUT2D eigenvalue weighted by Gasteiger charge is -2.21. The summed E-state index contributed by atoms with van der Waals surface area (Å²) in [6.45, 7) is -0.441. The fraction of sp³-hybridized carbons (Fsp3) is 0.0714. The van der Waals surface area contributed by atoms with Crippen LogP contribution >= 0.6 is 27.5 Å². The molecule has 0 spiro atoms. The van der Waals surface area contributed by atoms with Crippen molar-refractivity contribution in [3.05, 3.63) is 124 Å². The topological polar surface area (TPSA) is 88.1 Å². The van der Waals surface area contributed by atoms with Crippen molar-refractivity contribution in [2.75, 3.05) is 6.54 Å². The largest absolute Gasteiger partial charge is 0.457 e. The summed E-state index contributed by atoms with van der Waals surface area (Å²) < 4.78 is 34.5. The number of nitrogens with one attached hydrogen (secondary N) is 1. The molecule has 0 saturated carbocycles. The Kier molecular flexibility index (Phi) is 9.30. The zero-order valence-electron chi connectivity index (χ0n) is 20.0. The van der Waals surface area contributed by atoms with E-state index in [1.807, 2.05) is 48.5 Å². The molecule has 1 N–H and O–H groups in total. The second kappa shape index (κ2) is 12.8. The van der Waals surface area contributed by atoms with Crippen molar-refractivity contribution in [2.24, 2.45) is 5.10 Å². The van der Waals surface area contributed by atoms with Crippen LogP contribution in [-0.2, 0) is 21.4 Å². The lowest BCUT2D eigenvalue weighted by atomic mass is 10.2. The molecule has 1 amide bonds. The summed E-state index contributed by atoms with van der Waals surface area (Å²) >= 11 is 9.30. The highest BCUT2D eigenvalue weighted by atomic mass is 79.9. The molecule has 0 fully saturated rings. The monoisotopic (exact) mass is 611 g/mol. The second-order valence-corrected chi connectivity index (χ2v) is 11.4. The summed E-state index contributed by atoms with van der Waals surface area (Å²) in [6.07, 6.45) is 1.46. The Morgan fingerprint density at radius 3 is 2.32 bits per heavy atom. The van der Waals surface area contributed by atoms with Crippen LogP contribution in [0.15, 0.2) is 118 Å². The van der Waals surface area contributed by atoms with Crippen LogP contribution in [-0.4, -0.2) is 31.4 Å². The molecule has 38 heavy (non-hydrogen) atoms. The first-order valence-corrected chi connectivity index (χ1v) is 14.1. The van der Waals surface area contributed by atoms with E-state index in [4.69, 9.17) is 16.3 Å². The van der Waals surface area contributed by atoms with Crippen molar-refractivity contribution >= 4 is 49.7 Å². The third-order valence-electron chi connectivity index (χ3n) is 5.28. The molecule has 7 nitrogen and oxygen atoms in total. The quantitative estimate of drug-likeness (QED) is 0.170. The van der Waals surface area contributed by atoms with E-state index in [9.17, 15) is 13.2 Å². The van der Waals surface area contributed by atoms with E-state index in [1.54, 1.807) is 30.3 Å². The van der Waals surface area contributed by atoms with Crippen molar-refractivity contribution in [3.63, 3.8) is 0 Å². The number of halogens is 2. The van der Waals surface area contributed by atoms with Gasteiger partial charge in [-0.2, -0.15) is 9.41 Å². The molecule has 4 aromatic rings. The van der Waals surface area contributed by atoms with Crippen molar-refractivity contribution in [2.45, 2.75) is 11.4 Å². The molecule has 0 bridgehead atoms. The van der Waals surface area contributed by atoms with Crippen molar-refractivity contribution < 1.29 is 17.9 Å². The van der Waals surface area contributed by atoms with E-state index in [0.29, 0.717) is 22.1 Å². The number of carbonyl (C=O) groups excluding carboxylic acids is 1. The zero-order chi connectivity index (χ0) is 27.0. The first-order chi connectivity index (χ1) is 18.3. The summed E-state index contributed by atoms with van der Waals surface area (Å²) in [5.74, 6) is 0.719. The standard InChI is InChI=1S/C28H23BrClN3O4S/c29-23-11-9-21(10-12-23)19-33(38(35,36)27-15-13-24(30)14-16-27)20-28(34)32-31-18-22-5-4-8-26(17-22)37-25-6-2-1-3-7-25/h1-18H,19-20H2,(H,32,34)/b31-18-. The summed E-state index contributed by atoms with van der Waals surface area (Å²) in [5, 5.41) is 4.41. The number of carbonyl (C=O) groups is 1. The summed E-state index contributed by atoms with van der Waals surface area (Å²) in [7, 11) is -4.00. The van der Waals surface area contributed by atoms with Crippen LogP contribution in [0, 0.1) is 0 Å². The predicted molar refractivity (Wildman–Crippen MR) is 152 cm³/mol. The molecule has 0 unspecified atom stereocenters. The van der Waals surface area contributed by atoms with Gasteiger partial charge < -0.3 is 4.74 Å². The highest BCUT2D eigenvalue weighted by molar-refractivity contribution is 9.10. The molecule has 0 atom stereocenters. The van der Waals surface area contributed by atoms with Crippen LogP contribution in [0.2, 0.25) is 5.02 Å². The third-order valence-corrected chi connectivity index (χ3v) is 7.87. The molecule has 0 aliphatic heterocycles. The van der Waals surface area contributed by atoms with Crippen LogP contribution in [0.4, 0.5) is 0 Å². The van der Waals surface area contributed by atoms with E-state index in [0.717, 1.165) is 14.3 Å². The minimum Gasteiger partial charge on any atom is -0.457 e. The van der Waals surface area contributed by atoms with Gasteiger partial charge >= 0.3 is 0 Å². The summed E-state index contributed by atoms with van der Waals surface area (Å²) in [4.78, 5) is 12.8. The van der Waals surface area contributed by atoms with E-state index < -0.39 is 22.5 Å². The maximum atomic E-state index is 13.4. The van der Waals surface area contributed by atoms with Crippen molar-refractivity contribution in [1.29, 1.82) is 0 Å². The smallest absolute Gasteiger partial charge is 0.255 e. The van der Waals surface area contributed by atoms with Crippen LogP contribution in [0.3, 0.4) is 0 Å². The van der Waals surface area contributed by atoms with Crippen LogP contribution in [0.25, 0.3) is 0 Å². The number of sulfonamides is 1. The van der Waals surface area contributed by atoms with Gasteiger partial charge in [0.25, 0.3) is 5.91 Å². The Morgan fingerprint density at radius 1 is 0.921 bits per heavy atom. The Balaban J connectivity index is 1.45. The van der Waals surface area contributed by atoms with E-state index in [-0.39, 0.29) is 11.4 Å². The molecule has 194 valence electrons. The lowest BCUT2D eigenvalue weighted by molar-refractivity contribution is -0.121. The van der Waals surface area contributed by atoms with E-state index in [1.165, 1.54) is 30.5 Å². The number of hydrazone groups is 1. The minimum absolute atomic E-state index is 0.00571. The molecule has 0 aromatic heterocycles. The maximum Gasteiger partial charge on any atom is 0.255 e. The first-order valence-electron chi connectivity index (χ1n) is 11.4. The Hall–Kier alpha value is -3.50. The van der Waals surface area contributed by atoms with Gasteiger partial charge in [-0.3, -0.25) is 4.79 Å². The van der Waals surface area contributed by atoms with Gasteiger partial charge in [-0.05, 0) is 71.8 Å². The molecule has 0 aliphatic rings. The number of hydrogen-bond donors (Lipinski definition) is 1. The SMILES string of the molecule is O=C(CN(Cc1ccc(Br)cc1)S(=O)(=O)c1ccc(Cl)cc1)N/N=C\c1cccc(Oc2ccccc2)c1. The third kappa shape index (κ3) is 7.75. The number of para-hydroxylation sites is 1. The number of benzene rings is 4. The van der Waals surface area contributed by atoms with Gasteiger partial charge in [-0.25, -0.2) is 13.8 Å². The van der Waals surface area contributed by atoms with Crippen LogP contribution in [0.1, 0.15) is 11.1 Å². The van der Waals surface area contributed by atoms with Crippen LogP contribution in [0.5, 0.6) is 11.5 Å². The van der Waals surface area contributed by atoms with Gasteiger partial charge in [-0.1, -0.05) is 70.0 Å². The lowest BCUT2D eigenvalue weighted by Crippen LogP contribution is -2.39. The highest BCUT2D eigenvalue weighted by Crippen LogP contribution is 2.22. The molecule has 0 heterocycles. The fourth-order valence-corrected chi connectivity index (χ4v) is 5.21. The Morgan fingerprint density at radius 2 is 1.61 bits per heavy atom. The molecular formula is C28H23BrClN3O4S. The maximum absolute atomic E-state index is 13.4. The average Bonchev–Trinajstić information content (AvgIpc) is 2.90. The second-order valence-electron chi connectivity index (χ2n) is 8.13. The van der Waals surface area contributed by atoms with Gasteiger partial charge in [0.2, 0.25) is 10.0 Å². The van der Waals surface area contributed by atoms with Gasteiger partial charge in [0.05, 0.1) is 17.7 Å². The number of ether oxygens (including phenoxy) is 1. The first kappa shape index (κ1) is 27.5. The van der Waals surface area contributed by atoms with Gasteiger partial charge in [-0.15, -0.1) is 0 Å². The normalized spacial score (nSPS) is 11.6. The van der Waals surface area contributed by atoms with E-state index in [2.05, 4.69) is 26.5 Å². The van der Waals surface area contributed by atoms with Crippen LogP contribution < -0.4 is 10.2 Å². The number of hydrogen-bond acceptors (Lipinski definition) is 5. The summed E-state index contributed by atoms with van der Waals surface area (Å²) in [6, 6.07) is 29.5. The van der Waals surface area contributed by atoms with E-state index >= 15 is 0 Å². The predicted octanol–water partition coefficient (Wildman–Crippen LogP) is 6.24. The number of amides is 1. The fourth-order valence-electron chi connectivity index (χ4n) is 3.43. The average molecular weight is 613 g/mol. The molecular weight excluding hydrogens is 590 g/mol. The number of rotatable bonds is 10. The Bertz CT molecular complexity index is 1510.